The lowest BCUT2D eigenvalue weighted by Crippen LogP contribution is -2.57. The van der Waals surface area contributed by atoms with Crippen LogP contribution in [-0.4, -0.2) is 93.7 Å². The lowest BCUT2D eigenvalue weighted by atomic mass is 10.1. The van der Waals surface area contributed by atoms with Crippen molar-refractivity contribution in [3.05, 3.63) is 0 Å². The molecule has 0 saturated carbocycles. The minimum absolute atomic E-state index is 0.183. The molecular weight excluding hydrogens is 388 g/mol. The Morgan fingerprint density at radius 2 is 1.76 bits per heavy atom. The zero-order valence-electron chi connectivity index (χ0n) is 15.8. The molecule has 29 heavy (non-hydrogen) atoms. The molecule has 0 radical (unpaired) electrons. The number of carbonyl (C=O) groups excluding carboxylic acids is 3. The molecule has 2 saturated heterocycles. The maximum Gasteiger partial charge on any atom is 0.326 e. The summed E-state index contributed by atoms with van der Waals surface area (Å²) in [5.41, 5.74) is 0. The van der Waals surface area contributed by atoms with Crippen molar-refractivity contribution in [2.75, 3.05) is 19.7 Å². The van der Waals surface area contributed by atoms with E-state index in [4.69, 9.17) is 10.2 Å². The summed E-state index contributed by atoms with van der Waals surface area (Å²) in [4.78, 5) is 60.7. The Hall–Kier alpha value is -2.73. The third-order valence-electron chi connectivity index (χ3n) is 5.01. The SMILES string of the molecule is O=C(O)CC(NC(=O)C(CO)NC(=O)C1CCCN1C(=O)C1CCCN1)C(=O)O. The first-order valence-electron chi connectivity index (χ1n) is 9.44. The Balaban J connectivity index is 1.98. The van der Waals surface area contributed by atoms with Gasteiger partial charge in [-0.15, -0.1) is 0 Å². The van der Waals surface area contributed by atoms with Gasteiger partial charge in [0.1, 0.15) is 18.1 Å². The Morgan fingerprint density at radius 3 is 2.31 bits per heavy atom. The van der Waals surface area contributed by atoms with Gasteiger partial charge in [0, 0.05) is 6.54 Å². The lowest BCUT2D eigenvalue weighted by Gasteiger charge is -2.28. The monoisotopic (exact) mass is 414 g/mol. The fourth-order valence-electron chi connectivity index (χ4n) is 3.51. The highest BCUT2D eigenvalue weighted by molar-refractivity contribution is 5.95. The van der Waals surface area contributed by atoms with Gasteiger partial charge in [-0.05, 0) is 32.2 Å². The molecule has 2 rings (SSSR count). The summed E-state index contributed by atoms with van der Waals surface area (Å²) >= 11 is 0. The number of aliphatic carboxylic acids is 2. The van der Waals surface area contributed by atoms with Gasteiger partial charge in [0.25, 0.3) is 0 Å². The molecule has 0 aromatic rings. The molecular formula is C17H26N4O8. The van der Waals surface area contributed by atoms with Crippen LogP contribution in [-0.2, 0) is 24.0 Å². The maximum absolute atomic E-state index is 12.6. The van der Waals surface area contributed by atoms with E-state index in [-0.39, 0.29) is 11.9 Å². The van der Waals surface area contributed by atoms with Crippen LogP contribution < -0.4 is 16.0 Å². The van der Waals surface area contributed by atoms with Crippen LogP contribution in [0.5, 0.6) is 0 Å². The minimum atomic E-state index is -1.70. The Kier molecular flexibility index (Phi) is 7.91. The van der Waals surface area contributed by atoms with Crippen molar-refractivity contribution < 1.29 is 39.3 Å². The molecule has 162 valence electrons. The van der Waals surface area contributed by atoms with Gasteiger partial charge >= 0.3 is 11.9 Å². The highest BCUT2D eigenvalue weighted by atomic mass is 16.4. The molecule has 2 fully saturated rings. The zero-order valence-corrected chi connectivity index (χ0v) is 15.8. The molecule has 0 aliphatic carbocycles. The topological polar surface area (TPSA) is 185 Å². The van der Waals surface area contributed by atoms with Crippen molar-refractivity contribution in [3.63, 3.8) is 0 Å². The van der Waals surface area contributed by atoms with Crippen LogP contribution in [0, 0.1) is 0 Å². The molecule has 0 bridgehead atoms. The van der Waals surface area contributed by atoms with E-state index in [0.29, 0.717) is 25.8 Å². The number of aliphatic hydroxyl groups is 1. The van der Waals surface area contributed by atoms with Gasteiger partial charge in [-0.2, -0.15) is 0 Å². The first kappa shape index (κ1) is 22.6. The molecule has 3 amide bonds. The van der Waals surface area contributed by atoms with Gasteiger partial charge in [-0.3, -0.25) is 19.2 Å². The van der Waals surface area contributed by atoms with Gasteiger partial charge < -0.3 is 36.2 Å². The van der Waals surface area contributed by atoms with E-state index in [2.05, 4.69) is 10.6 Å². The van der Waals surface area contributed by atoms with Crippen LogP contribution >= 0.6 is 0 Å². The third kappa shape index (κ3) is 5.87. The third-order valence-corrected chi connectivity index (χ3v) is 5.01. The number of carboxylic acid groups (broad SMARTS) is 2. The quantitative estimate of drug-likeness (QED) is 0.233. The molecule has 2 aliphatic heterocycles. The average Bonchev–Trinajstić information content (AvgIpc) is 3.35. The number of nitrogens with zero attached hydrogens (tertiary/aromatic N) is 1. The number of hydrogen-bond donors (Lipinski definition) is 6. The lowest BCUT2D eigenvalue weighted by molar-refractivity contribution is -0.147. The molecule has 12 heteroatoms. The standard InChI is InChI=1S/C17H26N4O8/c22-8-11(14(25)19-10(17(28)29)7-13(23)24)20-15(26)12-4-2-6-21(12)16(27)9-3-1-5-18-9/h9-12,18,22H,1-8H2,(H,19,25)(H,20,26)(H,23,24)(H,28,29). The summed E-state index contributed by atoms with van der Waals surface area (Å²) in [6, 6.07) is -4.31. The van der Waals surface area contributed by atoms with Crippen molar-refractivity contribution in [2.45, 2.75) is 56.3 Å². The molecule has 4 atom stereocenters. The zero-order chi connectivity index (χ0) is 21.6. The average molecular weight is 414 g/mol. The Morgan fingerprint density at radius 1 is 1.03 bits per heavy atom. The minimum Gasteiger partial charge on any atom is -0.481 e. The fraction of sp³-hybridized carbons (Fsp3) is 0.706. The normalized spacial score (nSPS) is 23.3. The second-order valence-corrected chi connectivity index (χ2v) is 7.08. The predicted octanol–water partition coefficient (Wildman–Crippen LogP) is -2.75. The predicted molar refractivity (Wildman–Crippen MR) is 96.6 cm³/mol. The van der Waals surface area contributed by atoms with Crippen molar-refractivity contribution in [3.8, 4) is 0 Å². The van der Waals surface area contributed by atoms with Crippen molar-refractivity contribution in [2.24, 2.45) is 0 Å². The summed E-state index contributed by atoms with van der Waals surface area (Å²) < 4.78 is 0. The van der Waals surface area contributed by atoms with E-state index >= 15 is 0 Å². The molecule has 4 unspecified atom stereocenters. The summed E-state index contributed by atoms with van der Waals surface area (Å²) in [5, 5.41) is 34.6. The molecule has 0 aromatic carbocycles. The molecule has 0 spiro atoms. The summed E-state index contributed by atoms with van der Waals surface area (Å²) in [6.45, 7) is 0.321. The van der Waals surface area contributed by atoms with Gasteiger partial charge in [0.15, 0.2) is 0 Å². The van der Waals surface area contributed by atoms with Crippen LogP contribution in [0.15, 0.2) is 0 Å². The van der Waals surface area contributed by atoms with Gasteiger partial charge in [0.05, 0.1) is 19.1 Å². The largest absolute Gasteiger partial charge is 0.481 e. The van der Waals surface area contributed by atoms with E-state index < -0.39 is 54.9 Å². The van der Waals surface area contributed by atoms with Crippen LogP contribution in [0.1, 0.15) is 32.1 Å². The van der Waals surface area contributed by atoms with Gasteiger partial charge in [-0.25, -0.2) is 4.79 Å². The number of carboxylic acids is 2. The van der Waals surface area contributed by atoms with Gasteiger partial charge in [-0.1, -0.05) is 0 Å². The first-order chi connectivity index (χ1) is 13.7. The van der Waals surface area contributed by atoms with Crippen molar-refractivity contribution in [1.29, 1.82) is 0 Å². The van der Waals surface area contributed by atoms with E-state index in [1.54, 1.807) is 0 Å². The number of likely N-dealkylation sites (tertiary alicyclic amines) is 1. The summed E-state index contributed by atoms with van der Waals surface area (Å²) in [6.07, 6.45) is 1.72. The van der Waals surface area contributed by atoms with Crippen molar-refractivity contribution in [1.82, 2.24) is 20.9 Å². The molecule has 2 aliphatic rings. The van der Waals surface area contributed by atoms with Crippen molar-refractivity contribution >= 4 is 29.7 Å². The van der Waals surface area contributed by atoms with E-state index in [0.717, 1.165) is 13.0 Å². The van der Waals surface area contributed by atoms with Crippen LogP contribution in [0.3, 0.4) is 0 Å². The number of carbonyl (C=O) groups is 5. The first-order valence-corrected chi connectivity index (χ1v) is 9.44. The molecule has 2 heterocycles. The number of nitrogens with one attached hydrogen (secondary N) is 3. The van der Waals surface area contributed by atoms with E-state index in [1.807, 2.05) is 5.32 Å². The Bertz CT molecular complexity index is 664. The highest BCUT2D eigenvalue weighted by Crippen LogP contribution is 2.21. The smallest absolute Gasteiger partial charge is 0.326 e. The molecule has 12 nitrogen and oxygen atoms in total. The maximum atomic E-state index is 12.6. The second kappa shape index (κ2) is 10.2. The summed E-state index contributed by atoms with van der Waals surface area (Å²) in [5.74, 6) is -4.82. The van der Waals surface area contributed by atoms with Crippen LogP contribution in [0.2, 0.25) is 0 Å². The van der Waals surface area contributed by atoms with Gasteiger partial charge in [0.2, 0.25) is 17.7 Å². The van der Waals surface area contributed by atoms with E-state index in [1.165, 1.54) is 4.90 Å². The molecule has 6 N–H and O–H groups in total. The van der Waals surface area contributed by atoms with E-state index in [9.17, 15) is 29.1 Å². The summed E-state index contributed by atoms with van der Waals surface area (Å²) in [7, 11) is 0. The number of hydrogen-bond acceptors (Lipinski definition) is 7. The fourth-order valence-corrected chi connectivity index (χ4v) is 3.51. The Labute approximate surface area is 166 Å². The van der Waals surface area contributed by atoms with Crippen LogP contribution in [0.25, 0.3) is 0 Å². The molecule has 0 aromatic heterocycles. The highest BCUT2D eigenvalue weighted by Gasteiger charge is 2.39. The second-order valence-electron chi connectivity index (χ2n) is 7.08. The number of rotatable bonds is 9. The number of aliphatic hydroxyl groups excluding tert-OH is 1. The number of amides is 3. The van der Waals surface area contributed by atoms with Crippen LogP contribution in [0.4, 0.5) is 0 Å².